The summed E-state index contributed by atoms with van der Waals surface area (Å²) in [6.45, 7) is 0.337. The second kappa shape index (κ2) is 12.0. The molecule has 0 spiro atoms. The van der Waals surface area contributed by atoms with Gasteiger partial charge in [0.25, 0.3) is 5.91 Å². The summed E-state index contributed by atoms with van der Waals surface area (Å²) in [4.78, 5) is 30.7. The van der Waals surface area contributed by atoms with Crippen molar-refractivity contribution >= 4 is 34.8 Å². The van der Waals surface area contributed by atoms with Crippen molar-refractivity contribution in [3.63, 3.8) is 0 Å². The summed E-state index contributed by atoms with van der Waals surface area (Å²) >= 11 is 7.23. The van der Waals surface area contributed by atoms with Gasteiger partial charge in [-0.05, 0) is 24.5 Å². The highest BCUT2D eigenvalue weighted by atomic mass is 35.5. The summed E-state index contributed by atoms with van der Waals surface area (Å²) in [5.41, 5.74) is 0. The normalized spacial score (nSPS) is 15.3. The number of nitrogens with one attached hydrogen (secondary N) is 2. The Kier molecular flexibility index (Phi) is 9.12. The molecule has 2 amide bonds. The molecule has 1 aliphatic rings. The molecule has 31 heavy (non-hydrogen) atoms. The molecule has 9 heteroatoms. The van der Waals surface area contributed by atoms with E-state index in [-0.39, 0.29) is 25.0 Å². The van der Waals surface area contributed by atoms with Gasteiger partial charge in [-0.25, -0.2) is 0 Å². The number of hydrogen-bond donors (Lipinski definition) is 3. The summed E-state index contributed by atoms with van der Waals surface area (Å²) in [5.74, 6) is 0.458. The van der Waals surface area contributed by atoms with Crippen molar-refractivity contribution < 1.29 is 19.4 Å². The molecule has 0 saturated heterocycles. The summed E-state index contributed by atoms with van der Waals surface area (Å²) in [5, 5.41) is 15.1. The predicted octanol–water partition coefficient (Wildman–Crippen LogP) is 3.55. The Morgan fingerprint density at radius 2 is 2.06 bits per heavy atom. The van der Waals surface area contributed by atoms with Crippen LogP contribution in [0.1, 0.15) is 53.1 Å². The van der Waals surface area contributed by atoms with Crippen LogP contribution in [0.25, 0.3) is 0 Å². The van der Waals surface area contributed by atoms with E-state index in [0.717, 1.165) is 17.7 Å². The van der Waals surface area contributed by atoms with Gasteiger partial charge in [0.2, 0.25) is 5.91 Å². The number of amides is 2. The van der Waals surface area contributed by atoms with Crippen LogP contribution < -0.4 is 15.4 Å². The summed E-state index contributed by atoms with van der Waals surface area (Å²) in [7, 11) is 0. The minimum Gasteiger partial charge on any atom is -0.486 e. The average molecular weight is 466 g/mol. The lowest BCUT2D eigenvalue weighted by molar-refractivity contribution is -0.123. The van der Waals surface area contributed by atoms with Crippen molar-refractivity contribution in [3.05, 3.63) is 45.4 Å². The van der Waals surface area contributed by atoms with Gasteiger partial charge < -0.3 is 20.5 Å². The Labute approximate surface area is 191 Å². The second-order valence-electron chi connectivity index (χ2n) is 7.67. The number of carbonyl (C=O) groups excluding carboxylic acids is 2. The molecule has 0 aromatic carbocycles. The Hall–Kier alpha value is -2.16. The number of thiophene rings is 1. The zero-order valence-electron chi connectivity index (χ0n) is 17.3. The first kappa shape index (κ1) is 23.5. The molecule has 2 heterocycles. The first-order valence-corrected chi connectivity index (χ1v) is 11.8. The molecule has 1 aliphatic carbocycles. The highest BCUT2D eigenvalue weighted by molar-refractivity contribution is 7.14. The van der Waals surface area contributed by atoms with Crippen LogP contribution in [0, 0.1) is 5.92 Å². The van der Waals surface area contributed by atoms with Crippen LogP contribution in [0.15, 0.2) is 30.6 Å². The third-order valence-electron chi connectivity index (χ3n) is 5.27. The number of nitrogens with zero attached hydrogens (tertiary/aromatic N) is 1. The number of halogens is 1. The predicted molar refractivity (Wildman–Crippen MR) is 120 cm³/mol. The first-order chi connectivity index (χ1) is 15.0. The third kappa shape index (κ3) is 7.48. The summed E-state index contributed by atoms with van der Waals surface area (Å²) < 4.78 is 5.67. The monoisotopic (exact) mass is 465 g/mol. The molecule has 0 aliphatic heterocycles. The van der Waals surface area contributed by atoms with Crippen LogP contribution in [-0.4, -0.2) is 41.1 Å². The van der Waals surface area contributed by atoms with Crippen LogP contribution >= 0.6 is 22.9 Å². The average Bonchev–Trinajstić information content (AvgIpc) is 3.25. The van der Waals surface area contributed by atoms with Crippen molar-refractivity contribution in [2.45, 2.75) is 51.2 Å². The van der Waals surface area contributed by atoms with E-state index in [1.165, 1.54) is 36.8 Å². The van der Waals surface area contributed by atoms with E-state index < -0.39 is 6.04 Å². The lowest BCUT2D eigenvalue weighted by atomic mass is 9.84. The Morgan fingerprint density at radius 3 is 2.81 bits per heavy atom. The van der Waals surface area contributed by atoms with Crippen molar-refractivity contribution in [3.8, 4) is 5.75 Å². The maximum absolute atomic E-state index is 12.8. The lowest BCUT2D eigenvalue weighted by Gasteiger charge is -2.26. The Bertz CT molecular complexity index is 870. The van der Waals surface area contributed by atoms with Crippen LogP contribution in [-0.2, 0) is 11.4 Å². The first-order valence-electron chi connectivity index (χ1n) is 10.6. The fourth-order valence-corrected chi connectivity index (χ4v) is 4.71. The highest BCUT2D eigenvalue weighted by Crippen LogP contribution is 2.28. The minimum absolute atomic E-state index is 0.133. The van der Waals surface area contributed by atoms with Gasteiger partial charge in [-0.15, -0.1) is 11.3 Å². The van der Waals surface area contributed by atoms with Crippen molar-refractivity contribution in [2.75, 3.05) is 13.2 Å². The standard InChI is InChI=1S/C22H28ClN3O4S/c23-16-11-17(13-24-12-16)30-14-18-6-7-20(31-18)22(29)26-19(21(28)25-8-9-27)10-15-4-2-1-3-5-15/h6-7,11-13,15,19,27H,1-5,8-10,14H2,(H,25,28)(H,26,29)/t19-/m0/s1. The number of pyridine rings is 1. The molecule has 0 bridgehead atoms. The van der Waals surface area contributed by atoms with Gasteiger partial charge in [-0.1, -0.05) is 43.7 Å². The minimum atomic E-state index is -0.610. The zero-order valence-corrected chi connectivity index (χ0v) is 18.9. The van der Waals surface area contributed by atoms with Gasteiger partial charge in [0.15, 0.2) is 0 Å². The molecular weight excluding hydrogens is 438 g/mol. The number of rotatable bonds is 10. The smallest absolute Gasteiger partial charge is 0.262 e. The van der Waals surface area contributed by atoms with Gasteiger partial charge in [0.05, 0.1) is 22.7 Å². The van der Waals surface area contributed by atoms with Gasteiger partial charge >= 0.3 is 0 Å². The molecule has 1 fully saturated rings. The van der Waals surface area contributed by atoms with E-state index in [4.69, 9.17) is 21.4 Å². The number of hydrogen-bond acceptors (Lipinski definition) is 6. The second-order valence-corrected chi connectivity index (χ2v) is 9.28. The van der Waals surface area contributed by atoms with Gasteiger partial charge in [0.1, 0.15) is 18.4 Å². The molecule has 2 aromatic heterocycles. The molecule has 168 valence electrons. The van der Waals surface area contributed by atoms with Crippen LogP contribution in [0.5, 0.6) is 5.75 Å². The van der Waals surface area contributed by atoms with Crippen molar-refractivity contribution in [2.24, 2.45) is 5.92 Å². The number of carbonyl (C=O) groups is 2. The molecule has 0 radical (unpaired) electrons. The molecule has 3 rings (SSSR count). The van der Waals surface area contributed by atoms with Gasteiger partial charge in [-0.2, -0.15) is 0 Å². The Balaban J connectivity index is 1.58. The van der Waals surface area contributed by atoms with Crippen molar-refractivity contribution in [1.29, 1.82) is 0 Å². The molecular formula is C22H28ClN3O4S. The van der Waals surface area contributed by atoms with Crippen LogP contribution in [0.2, 0.25) is 5.02 Å². The summed E-state index contributed by atoms with van der Waals surface area (Å²) in [6.07, 6.45) is 9.45. The quantitative estimate of drug-likeness (QED) is 0.498. The van der Waals surface area contributed by atoms with E-state index >= 15 is 0 Å². The van der Waals surface area contributed by atoms with Gasteiger partial charge in [0, 0.05) is 23.7 Å². The molecule has 7 nitrogen and oxygen atoms in total. The summed E-state index contributed by atoms with van der Waals surface area (Å²) in [6, 6.07) is 4.63. The van der Waals surface area contributed by atoms with E-state index in [1.54, 1.807) is 18.3 Å². The van der Waals surface area contributed by atoms with Crippen molar-refractivity contribution in [1.82, 2.24) is 15.6 Å². The number of aliphatic hydroxyl groups is 1. The fraction of sp³-hybridized carbons (Fsp3) is 0.500. The number of aromatic nitrogens is 1. The topological polar surface area (TPSA) is 101 Å². The van der Waals surface area contributed by atoms with Gasteiger partial charge in [-0.3, -0.25) is 14.6 Å². The highest BCUT2D eigenvalue weighted by Gasteiger charge is 2.26. The molecule has 2 aromatic rings. The maximum Gasteiger partial charge on any atom is 0.262 e. The fourth-order valence-electron chi connectivity index (χ4n) is 3.72. The molecule has 1 saturated carbocycles. The van der Waals surface area contributed by atoms with E-state index in [9.17, 15) is 9.59 Å². The Morgan fingerprint density at radius 1 is 1.26 bits per heavy atom. The van der Waals surface area contributed by atoms with Crippen LogP contribution in [0.3, 0.4) is 0 Å². The number of ether oxygens (including phenoxy) is 1. The maximum atomic E-state index is 12.8. The SMILES string of the molecule is O=C(N[C@@H](CC1CCCCC1)C(=O)NCCO)c1ccc(COc2cncc(Cl)c2)s1. The zero-order chi connectivity index (χ0) is 22.1. The third-order valence-corrected chi connectivity index (χ3v) is 6.54. The number of aliphatic hydroxyl groups excluding tert-OH is 1. The molecule has 0 unspecified atom stereocenters. The van der Waals surface area contributed by atoms with E-state index in [2.05, 4.69) is 15.6 Å². The lowest BCUT2D eigenvalue weighted by Crippen LogP contribution is -2.48. The molecule has 3 N–H and O–H groups in total. The molecule has 1 atom stereocenters. The van der Waals surface area contributed by atoms with E-state index in [1.807, 2.05) is 6.07 Å². The largest absolute Gasteiger partial charge is 0.486 e. The van der Waals surface area contributed by atoms with E-state index in [0.29, 0.717) is 34.6 Å². The van der Waals surface area contributed by atoms with Crippen LogP contribution in [0.4, 0.5) is 0 Å².